The van der Waals surface area contributed by atoms with Gasteiger partial charge in [0.1, 0.15) is 0 Å². The first-order valence-electron chi connectivity index (χ1n) is 6.51. The molecule has 4 nitrogen and oxygen atoms in total. The molecule has 0 aromatic carbocycles. The van der Waals surface area contributed by atoms with Gasteiger partial charge in [0.05, 0.1) is 18.4 Å². The lowest BCUT2D eigenvalue weighted by Crippen LogP contribution is -2.30. The Kier molecular flexibility index (Phi) is 2.86. The molecule has 1 saturated carbocycles. The average Bonchev–Trinajstić information content (AvgIpc) is 2.66. The Morgan fingerprint density at radius 1 is 1.17 bits per heavy atom. The van der Waals surface area contributed by atoms with Crippen molar-refractivity contribution in [2.75, 3.05) is 0 Å². The maximum atomic E-state index is 12.2. The molecule has 2 fully saturated rings. The Morgan fingerprint density at radius 2 is 1.83 bits per heavy atom. The summed E-state index contributed by atoms with van der Waals surface area (Å²) < 4.78 is 0. The molecule has 4 heteroatoms. The van der Waals surface area contributed by atoms with Crippen LogP contribution in [0.3, 0.4) is 0 Å². The van der Waals surface area contributed by atoms with Gasteiger partial charge in [-0.25, -0.2) is 0 Å². The molecule has 94 valence electrons. The van der Waals surface area contributed by atoms with Crippen LogP contribution in [0.25, 0.3) is 0 Å². The number of imide groups is 1. The molecule has 0 unspecified atom stereocenters. The van der Waals surface area contributed by atoms with Gasteiger partial charge in [-0.05, 0) is 24.5 Å². The molecule has 2 aliphatic rings. The van der Waals surface area contributed by atoms with Gasteiger partial charge in [-0.3, -0.25) is 19.5 Å². The number of carbonyl (C=O) groups is 2. The smallest absolute Gasteiger partial charge is 0.233 e. The highest BCUT2D eigenvalue weighted by Gasteiger charge is 2.47. The van der Waals surface area contributed by atoms with Gasteiger partial charge in [0.25, 0.3) is 0 Å². The van der Waals surface area contributed by atoms with Crippen molar-refractivity contribution in [3.63, 3.8) is 0 Å². The van der Waals surface area contributed by atoms with E-state index < -0.39 is 0 Å². The van der Waals surface area contributed by atoms with Gasteiger partial charge >= 0.3 is 0 Å². The molecule has 2 amide bonds. The minimum Gasteiger partial charge on any atom is -0.278 e. The monoisotopic (exact) mass is 244 g/mol. The van der Waals surface area contributed by atoms with E-state index in [2.05, 4.69) is 4.98 Å². The van der Waals surface area contributed by atoms with Crippen LogP contribution in [-0.4, -0.2) is 21.7 Å². The van der Waals surface area contributed by atoms with Crippen LogP contribution in [0.1, 0.15) is 31.2 Å². The van der Waals surface area contributed by atoms with Crippen LogP contribution in [0, 0.1) is 11.8 Å². The quantitative estimate of drug-likeness (QED) is 0.745. The lowest BCUT2D eigenvalue weighted by atomic mass is 9.81. The van der Waals surface area contributed by atoms with Gasteiger partial charge in [-0.2, -0.15) is 0 Å². The molecule has 2 heterocycles. The molecule has 0 spiro atoms. The van der Waals surface area contributed by atoms with Crippen molar-refractivity contribution < 1.29 is 9.59 Å². The molecule has 1 aromatic heterocycles. The molecule has 0 radical (unpaired) electrons. The van der Waals surface area contributed by atoms with Gasteiger partial charge < -0.3 is 0 Å². The van der Waals surface area contributed by atoms with Crippen molar-refractivity contribution in [1.82, 2.24) is 9.88 Å². The van der Waals surface area contributed by atoms with Crippen molar-refractivity contribution in [2.45, 2.75) is 32.2 Å². The normalized spacial score (nSPS) is 27.4. The predicted octanol–water partition coefficient (Wildman–Crippen LogP) is 1.76. The molecule has 18 heavy (non-hydrogen) atoms. The van der Waals surface area contributed by atoms with Crippen LogP contribution in [0.15, 0.2) is 24.5 Å². The van der Waals surface area contributed by atoms with E-state index >= 15 is 0 Å². The van der Waals surface area contributed by atoms with Crippen molar-refractivity contribution in [1.29, 1.82) is 0 Å². The Bertz CT molecular complexity index is 448. The van der Waals surface area contributed by atoms with Crippen molar-refractivity contribution in [2.24, 2.45) is 11.8 Å². The van der Waals surface area contributed by atoms with Gasteiger partial charge in [0.2, 0.25) is 11.8 Å². The maximum Gasteiger partial charge on any atom is 0.233 e. The summed E-state index contributed by atoms with van der Waals surface area (Å²) in [7, 11) is 0. The molecule has 2 atom stereocenters. The summed E-state index contributed by atoms with van der Waals surface area (Å²) in [4.78, 5) is 29.9. The number of carbonyl (C=O) groups excluding carboxylic acids is 2. The number of amides is 2. The van der Waals surface area contributed by atoms with Crippen molar-refractivity contribution >= 4 is 11.8 Å². The largest absolute Gasteiger partial charge is 0.278 e. The second kappa shape index (κ2) is 4.52. The van der Waals surface area contributed by atoms with E-state index in [4.69, 9.17) is 0 Å². The fourth-order valence-corrected chi connectivity index (χ4v) is 3.06. The van der Waals surface area contributed by atoms with E-state index in [-0.39, 0.29) is 23.7 Å². The number of aromatic nitrogens is 1. The van der Waals surface area contributed by atoms with Crippen LogP contribution in [0.2, 0.25) is 0 Å². The predicted molar refractivity (Wildman–Crippen MR) is 65.2 cm³/mol. The molecule has 1 saturated heterocycles. The highest BCUT2D eigenvalue weighted by Crippen LogP contribution is 2.38. The molecule has 1 aliphatic heterocycles. The van der Waals surface area contributed by atoms with Crippen LogP contribution >= 0.6 is 0 Å². The molecular formula is C14H16N2O2. The first kappa shape index (κ1) is 11.4. The van der Waals surface area contributed by atoms with E-state index in [1.54, 1.807) is 12.4 Å². The summed E-state index contributed by atoms with van der Waals surface area (Å²) in [5.41, 5.74) is 0.915. The fraction of sp³-hybridized carbons (Fsp3) is 0.500. The molecule has 1 aromatic rings. The number of rotatable bonds is 2. The fourth-order valence-electron chi connectivity index (χ4n) is 3.06. The summed E-state index contributed by atoms with van der Waals surface area (Å²) >= 11 is 0. The van der Waals surface area contributed by atoms with Crippen LogP contribution in [-0.2, 0) is 16.1 Å². The third-order valence-electron chi connectivity index (χ3n) is 4.00. The zero-order valence-electron chi connectivity index (χ0n) is 10.2. The van der Waals surface area contributed by atoms with Crippen LogP contribution < -0.4 is 0 Å². The first-order valence-corrected chi connectivity index (χ1v) is 6.51. The lowest BCUT2D eigenvalue weighted by molar-refractivity contribution is -0.140. The Labute approximate surface area is 106 Å². The highest BCUT2D eigenvalue weighted by atomic mass is 16.2. The third-order valence-corrected chi connectivity index (χ3v) is 4.00. The first-order chi connectivity index (χ1) is 8.77. The summed E-state index contributed by atoms with van der Waals surface area (Å²) in [5.74, 6) is -0.0621. The topological polar surface area (TPSA) is 50.3 Å². The second-order valence-electron chi connectivity index (χ2n) is 5.12. The number of likely N-dealkylation sites (tertiary alicyclic amines) is 1. The SMILES string of the molecule is O=C1[C@@H]2CCCC[C@H]2C(=O)N1Cc1cccnc1. The maximum absolute atomic E-state index is 12.2. The van der Waals surface area contributed by atoms with Gasteiger partial charge in [0, 0.05) is 12.4 Å². The summed E-state index contributed by atoms with van der Waals surface area (Å²) in [5, 5.41) is 0. The molecule has 0 N–H and O–H groups in total. The standard InChI is InChI=1S/C14H16N2O2/c17-13-11-5-1-2-6-12(11)14(18)16(13)9-10-4-3-7-15-8-10/h3-4,7-8,11-12H,1-2,5-6,9H2/t11-,12-/m1/s1. The number of hydrogen-bond acceptors (Lipinski definition) is 3. The van der Waals surface area contributed by atoms with E-state index in [0.29, 0.717) is 6.54 Å². The Hall–Kier alpha value is -1.71. The minimum atomic E-state index is -0.0529. The number of hydrogen-bond donors (Lipinski definition) is 0. The third kappa shape index (κ3) is 1.82. The number of fused-ring (bicyclic) bond motifs is 1. The van der Waals surface area contributed by atoms with Crippen molar-refractivity contribution in [3.8, 4) is 0 Å². The second-order valence-corrected chi connectivity index (χ2v) is 5.12. The molecule has 3 rings (SSSR count). The number of nitrogens with zero attached hydrogens (tertiary/aromatic N) is 2. The van der Waals surface area contributed by atoms with E-state index in [1.165, 1.54) is 4.90 Å². The van der Waals surface area contributed by atoms with Crippen LogP contribution in [0.5, 0.6) is 0 Å². The molecule has 0 bridgehead atoms. The van der Waals surface area contributed by atoms with Gasteiger partial charge in [-0.15, -0.1) is 0 Å². The summed E-state index contributed by atoms with van der Waals surface area (Å²) in [6.07, 6.45) is 7.29. The lowest BCUT2D eigenvalue weighted by Gasteiger charge is -2.19. The van der Waals surface area contributed by atoms with E-state index in [9.17, 15) is 9.59 Å². The number of pyridine rings is 1. The van der Waals surface area contributed by atoms with E-state index in [0.717, 1.165) is 31.2 Å². The van der Waals surface area contributed by atoms with Crippen LogP contribution in [0.4, 0.5) is 0 Å². The molecule has 1 aliphatic carbocycles. The molecular weight excluding hydrogens is 228 g/mol. The summed E-state index contributed by atoms with van der Waals surface area (Å²) in [6, 6.07) is 3.73. The summed E-state index contributed by atoms with van der Waals surface area (Å²) in [6.45, 7) is 0.374. The minimum absolute atomic E-state index is 0.0218. The average molecular weight is 244 g/mol. The van der Waals surface area contributed by atoms with Gasteiger partial charge in [0.15, 0.2) is 0 Å². The Morgan fingerprint density at radius 3 is 2.39 bits per heavy atom. The zero-order chi connectivity index (χ0) is 12.5. The van der Waals surface area contributed by atoms with Crippen molar-refractivity contribution in [3.05, 3.63) is 30.1 Å². The Balaban J connectivity index is 1.80. The highest BCUT2D eigenvalue weighted by molar-refractivity contribution is 6.05. The van der Waals surface area contributed by atoms with Gasteiger partial charge in [-0.1, -0.05) is 18.9 Å². The van der Waals surface area contributed by atoms with E-state index in [1.807, 2.05) is 12.1 Å². The zero-order valence-corrected chi connectivity index (χ0v) is 10.2.